The zero-order chi connectivity index (χ0) is 11.3. The van der Waals surface area contributed by atoms with E-state index in [0.29, 0.717) is 12.2 Å². The molecule has 0 amide bonds. The third kappa shape index (κ3) is 2.57. The minimum Gasteiger partial charge on any atom is -0.425 e. The Morgan fingerprint density at radius 3 is 2.53 bits per heavy atom. The number of esters is 1. The topological polar surface area (TPSA) is 50.1 Å². The third-order valence-electron chi connectivity index (χ3n) is 2.36. The van der Waals surface area contributed by atoms with E-state index in [4.69, 9.17) is 10.00 Å². The quantitative estimate of drug-likeness (QED) is 0.560. The number of carbonyl (C=O) groups excluding carboxylic acids is 1. The molecule has 0 aliphatic rings. The van der Waals surface area contributed by atoms with E-state index in [1.165, 1.54) is 0 Å². The molecule has 1 aromatic rings. The summed E-state index contributed by atoms with van der Waals surface area (Å²) in [5.74, 6) is -0.0314. The zero-order valence-electron chi connectivity index (χ0n) is 8.86. The van der Waals surface area contributed by atoms with Gasteiger partial charge < -0.3 is 4.74 Å². The van der Waals surface area contributed by atoms with Crippen LogP contribution in [0.1, 0.15) is 20.3 Å². The molecule has 0 fully saturated rings. The molecule has 0 bridgehead atoms. The van der Waals surface area contributed by atoms with Crippen LogP contribution in [0.4, 0.5) is 0 Å². The van der Waals surface area contributed by atoms with Crippen molar-refractivity contribution in [3.63, 3.8) is 0 Å². The molecule has 0 radical (unpaired) electrons. The van der Waals surface area contributed by atoms with Gasteiger partial charge in [0.1, 0.15) is 5.75 Å². The Morgan fingerprint density at radius 2 is 2.07 bits per heavy atom. The van der Waals surface area contributed by atoms with Crippen molar-refractivity contribution in [3.8, 4) is 11.8 Å². The fraction of sp³-hybridized carbons (Fsp3) is 0.333. The monoisotopic (exact) mass is 203 g/mol. The molecule has 0 N–H and O–H groups in total. The summed E-state index contributed by atoms with van der Waals surface area (Å²) in [6.07, 6.45) is 0.440. The van der Waals surface area contributed by atoms with Crippen molar-refractivity contribution in [2.75, 3.05) is 0 Å². The number of benzene rings is 1. The summed E-state index contributed by atoms with van der Waals surface area (Å²) in [5.41, 5.74) is -1.06. The van der Waals surface area contributed by atoms with E-state index in [0.717, 1.165) is 0 Å². The molecule has 1 rings (SSSR count). The third-order valence-corrected chi connectivity index (χ3v) is 2.36. The Kier molecular flexibility index (Phi) is 3.46. The van der Waals surface area contributed by atoms with Crippen molar-refractivity contribution in [3.05, 3.63) is 30.3 Å². The second kappa shape index (κ2) is 4.61. The van der Waals surface area contributed by atoms with Gasteiger partial charge in [0, 0.05) is 0 Å². The Bertz CT molecular complexity index is 380. The minimum atomic E-state index is -1.06. The first-order chi connectivity index (χ1) is 7.12. The summed E-state index contributed by atoms with van der Waals surface area (Å²) in [5, 5.41) is 8.88. The molecule has 0 saturated carbocycles. The minimum absolute atomic E-state index is 0.440. The SMILES string of the molecule is CCC(C)(C#N)C(=O)Oc1ccccc1. The molecule has 0 aliphatic heterocycles. The maximum Gasteiger partial charge on any atom is 0.331 e. The van der Waals surface area contributed by atoms with E-state index in [9.17, 15) is 4.79 Å². The van der Waals surface area contributed by atoms with Crippen LogP contribution >= 0.6 is 0 Å². The summed E-state index contributed by atoms with van der Waals surface area (Å²) in [6.45, 7) is 3.37. The highest BCUT2D eigenvalue weighted by Gasteiger charge is 2.33. The fourth-order valence-corrected chi connectivity index (χ4v) is 0.977. The lowest BCUT2D eigenvalue weighted by Crippen LogP contribution is -2.29. The largest absolute Gasteiger partial charge is 0.425 e. The van der Waals surface area contributed by atoms with Crippen LogP contribution in [0.3, 0.4) is 0 Å². The Morgan fingerprint density at radius 1 is 1.47 bits per heavy atom. The number of hydrogen-bond acceptors (Lipinski definition) is 3. The van der Waals surface area contributed by atoms with Crippen molar-refractivity contribution in [2.45, 2.75) is 20.3 Å². The average Bonchev–Trinajstić information content (AvgIpc) is 2.29. The Hall–Kier alpha value is -1.82. The standard InChI is InChI=1S/C12H13NO2/c1-3-12(2,9-13)11(14)15-10-7-5-4-6-8-10/h4-8H,3H2,1-2H3. The molecule has 0 spiro atoms. The van der Waals surface area contributed by atoms with Gasteiger partial charge in [-0.15, -0.1) is 0 Å². The van der Waals surface area contributed by atoms with E-state index >= 15 is 0 Å². The molecule has 0 aliphatic carbocycles. The predicted molar refractivity (Wildman–Crippen MR) is 56.1 cm³/mol. The van der Waals surface area contributed by atoms with Crippen LogP contribution < -0.4 is 4.74 Å². The highest BCUT2D eigenvalue weighted by molar-refractivity contribution is 5.81. The van der Waals surface area contributed by atoms with Gasteiger partial charge in [-0.1, -0.05) is 25.1 Å². The van der Waals surface area contributed by atoms with E-state index in [1.807, 2.05) is 12.1 Å². The molecule has 1 atom stereocenters. The van der Waals surface area contributed by atoms with Gasteiger partial charge in [-0.2, -0.15) is 5.26 Å². The van der Waals surface area contributed by atoms with E-state index < -0.39 is 11.4 Å². The van der Waals surface area contributed by atoms with Crippen LogP contribution in [0.2, 0.25) is 0 Å². The second-order valence-electron chi connectivity index (χ2n) is 3.50. The number of carbonyl (C=O) groups is 1. The number of para-hydroxylation sites is 1. The van der Waals surface area contributed by atoms with E-state index in [-0.39, 0.29) is 0 Å². The van der Waals surface area contributed by atoms with Crippen molar-refractivity contribution in [1.29, 1.82) is 5.26 Å². The van der Waals surface area contributed by atoms with Crippen LogP contribution in [0.15, 0.2) is 30.3 Å². The van der Waals surface area contributed by atoms with Gasteiger partial charge in [0.25, 0.3) is 0 Å². The number of nitrogens with zero attached hydrogens (tertiary/aromatic N) is 1. The van der Waals surface area contributed by atoms with Gasteiger partial charge in [-0.25, -0.2) is 4.79 Å². The van der Waals surface area contributed by atoms with E-state index in [2.05, 4.69) is 0 Å². The number of hydrogen-bond donors (Lipinski definition) is 0. The molecule has 0 saturated heterocycles. The molecule has 0 heterocycles. The molecule has 1 unspecified atom stereocenters. The summed E-state index contributed by atoms with van der Waals surface area (Å²) in [6, 6.07) is 10.7. The van der Waals surface area contributed by atoms with Crippen molar-refractivity contribution in [2.24, 2.45) is 5.41 Å². The van der Waals surface area contributed by atoms with Crippen molar-refractivity contribution < 1.29 is 9.53 Å². The van der Waals surface area contributed by atoms with Crippen LogP contribution in [0, 0.1) is 16.7 Å². The van der Waals surface area contributed by atoms with Gasteiger partial charge in [-0.3, -0.25) is 0 Å². The van der Waals surface area contributed by atoms with Gasteiger partial charge in [0.2, 0.25) is 0 Å². The molecular formula is C12H13NO2. The first-order valence-electron chi connectivity index (χ1n) is 4.81. The maximum atomic E-state index is 11.7. The highest BCUT2D eigenvalue weighted by Crippen LogP contribution is 2.23. The van der Waals surface area contributed by atoms with Gasteiger partial charge in [-0.05, 0) is 25.5 Å². The molecule has 78 valence electrons. The first kappa shape index (κ1) is 11.3. The number of nitriles is 1. The van der Waals surface area contributed by atoms with Crippen molar-refractivity contribution in [1.82, 2.24) is 0 Å². The lowest BCUT2D eigenvalue weighted by Gasteiger charge is -2.16. The molecule has 0 aromatic heterocycles. The average molecular weight is 203 g/mol. The van der Waals surface area contributed by atoms with Crippen molar-refractivity contribution >= 4 is 5.97 Å². The van der Waals surface area contributed by atoms with Gasteiger partial charge in [0.15, 0.2) is 5.41 Å². The molecule has 15 heavy (non-hydrogen) atoms. The summed E-state index contributed by atoms with van der Waals surface area (Å²) < 4.78 is 5.10. The Labute approximate surface area is 89.3 Å². The molecule has 3 heteroatoms. The van der Waals surface area contributed by atoms with Crippen LogP contribution in [0.5, 0.6) is 5.75 Å². The lowest BCUT2D eigenvalue weighted by molar-refractivity contribution is -0.141. The summed E-state index contributed by atoms with van der Waals surface area (Å²) in [7, 11) is 0. The highest BCUT2D eigenvalue weighted by atomic mass is 16.5. The summed E-state index contributed by atoms with van der Waals surface area (Å²) >= 11 is 0. The molecular weight excluding hydrogens is 190 g/mol. The molecule has 3 nitrogen and oxygen atoms in total. The van der Waals surface area contributed by atoms with Gasteiger partial charge in [0.05, 0.1) is 6.07 Å². The normalized spacial score (nSPS) is 13.7. The van der Waals surface area contributed by atoms with Gasteiger partial charge >= 0.3 is 5.97 Å². The van der Waals surface area contributed by atoms with E-state index in [1.54, 1.807) is 38.1 Å². The number of rotatable bonds is 3. The number of ether oxygens (including phenoxy) is 1. The molecule has 1 aromatic carbocycles. The second-order valence-corrected chi connectivity index (χ2v) is 3.50. The Balaban J connectivity index is 2.77. The first-order valence-corrected chi connectivity index (χ1v) is 4.81. The lowest BCUT2D eigenvalue weighted by atomic mass is 9.90. The summed E-state index contributed by atoms with van der Waals surface area (Å²) in [4.78, 5) is 11.7. The van der Waals surface area contributed by atoms with Crippen LogP contribution in [0.25, 0.3) is 0 Å². The predicted octanol–water partition coefficient (Wildman–Crippen LogP) is 2.53. The van der Waals surface area contributed by atoms with Crippen LogP contribution in [-0.4, -0.2) is 5.97 Å². The fourth-order valence-electron chi connectivity index (χ4n) is 0.977. The smallest absolute Gasteiger partial charge is 0.331 e. The zero-order valence-corrected chi connectivity index (χ0v) is 8.86. The maximum absolute atomic E-state index is 11.7. The van der Waals surface area contributed by atoms with Crippen LogP contribution in [-0.2, 0) is 4.79 Å².